The summed E-state index contributed by atoms with van der Waals surface area (Å²) in [4.78, 5) is 14.0. The molecule has 2 unspecified atom stereocenters. The van der Waals surface area contributed by atoms with Crippen LogP contribution in [-0.4, -0.2) is 16.5 Å². The quantitative estimate of drug-likeness (QED) is 0.660. The van der Waals surface area contributed by atoms with Gasteiger partial charge in [-0.25, -0.2) is 0 Å². The maximum absolute atomic E-state index is 14.0. The number of carbonyl (C=O) groups is 1. The Labute approximate surface area is 165 Å². The van der Waals surface area contributed by atoms with Gasteiger partial charge < -0.3 is 5.11 Å². The molecule has 1 aromatic rings. The van der Waals surface area contributed by atoms with Gasteiger partial charge in [-0.1, -0.05) is 85.7 Å². The molecule has 2 fully saturated rings. The summed E-state index contributed by atoms with van der Waals surface area (Å²) in [5.41, 5.74) is -1.03. The summed E-state index contributed by atoms with van der Waals surface area (Å²) in [6, 6.07) is 10.1. The summed E-state index contributed by atoms with van der Waals surface area (Å²) in [5.74, 6) is 0.362. The Balaban J connectivity index is 2.26. The minimum absolute atomic E-state index is 0.167. The molecule has 0 saturated heterocycles. The van der Waals surface area contributed by atoms with Crippen LogP contribution >= 0.6 is 0 Å². The zero-order chi connectivity index (χ0) is 20.5. The first-order valence-corrected chi connectivity index (χ1v) is 10.3. The lowest BCUT2D eigenvalue weighted by Crippen LogP contribution is -2.68. The lowest BCUT2D eigenvalue weighted by atomic mass is 9.45. The van der Waals surface area contributed by atoms with Crippen LogP contribution < -0.4 is 0 Å². The highest BCUT2D eigenvalue weighted by atomic mass is 16.3. The van der Waals surface area contributed by atoms with Gasteiger partial charge in [0.1, 0.15) is 0 Å². The second-order valence-corrected chi connectivity index (χ2v) is 11.3. The van der Waals surface area contributed by atoms with Gasteiger partial charge in [0, 0.05) is 5.57 Å². The number of Topliss-reactive ketones (excluding diaryl/α,β-unsaturated/α-hetero) is 1. The van der Waals surface area contributed by atoms with E-state index in [0.29, 0.717) is 0 Å². The average molecular weight is 369 g/mol. The van der Waals surface area contributed by atoms with E-state index in [2.05, 4.69) is 61.5 Å². The molecule has 2 atom stereocenters. The van der Waals surface area contributed by atoms with Gasteiger partial charge in [0.15, 0.2) is 5.78 Å². The first kappa shape index (κ1) is 20.3. The van der Waals surface area contributed by atoms with Gasteiger partial charge >= 0.3 is 0 Å². The molecule has 3 rings (SSSR count). The predicted octanol–water partition coefficient (Wildman–Crippen LogP) is 5.90. The molecule has 2 aliphatic rings. The number of hydrogen-bond acceptors (Lipinski definition) is 2. The Morgan fingerprint density at radius 1 is 1.00 bits per heavy atom. The smallest absolute Gasteiger partial charge is 0.168 e. The van der Waals surface area contributed by atoms with Crippen molar-refractivity contribution in [1.82, 2.24) is 0 Å². The van der Waals surface area contributed by atoms with Crippen LogP contribution in [0.25, 0.3) is 6.08 Å². The van der Waals surface area contributed by atoms with Crippen LogP contribution in [0.15, 0.2) is 35.9 Å². The summed E-state index contributed by atoms with van der Waals surface area (Å²) in [6.45, 7) is 16.9. The summed E-state index contributed by atoms with van der Waals surface area (Å²) in [6.07, 6.45) is 3.80. The summed E-state index contributed by atoms with van der Waals surface area (Å²) >= 11 is 0. The normalized spacial score (nSPS) is 29.6. The van der Waals surface area contributed by atoms with Gasteiger partial charge in [-0.2, -0.15) is 0 Å². The summed E-state index contributed by atoms with van der Waals surface area (Å²) in [5, 5.41) is 12.4. The molecule has 0 aromatic heterocycles. The Hall–Kier alpha value is -1.41. The molecule has 1 N–H and O–H groups in total. The van der Waals surface area contributed by atoms with E-state index in [9.17, 15) is 9.90 Å². The molecule has 2 heteroatoms. The van der Waals surface area contributed by atoms with Crippen molar-refractivity contribution in [3.05, 3.63) is 41.5 Å². The van der Waals surface area contributed by atoms with Crippen LogP contribution in [0.5, 0.6) is 0 Å². The fraction of sp³-hybridized carbons (Fsp3) is 0.640. The van der Waals surface area contributed by atoms with Gasteiger partial charge in [0.25, 0.3) is 0 Å². The van der Waals surface area contributed by atoms with Gasteiger partial charge in [0.05, 0.1) is 11.0 Å². The lowest BCUT2D eigenvalue weighted by Gasteiger charge is -2.61. The third-order valence-electron chi connectivity index (χ3n) is 7.71. The molecule has 27 heavy (non-hydrogen) atoms. The second kappa shape index (κ2) is 5.80. The van der Waals surface area contributed by atoms with E-state index in [1.165, 1.54) is 0 Å². The molecule has 148 valence electrons. The van der Waals surface area contributed by atoms with Crippen molar-refractivity contribution >= 4 is 11.9 Å². The number of rotatable bonds is 2. The minimum Gasteiger partial charge on any atom is -0.388 e. The van der Waals surface area contributed by atoms with Gasteiger partial charge in [-0.3, -0.25) is 4.79 Å². The van der Waals surface area contributed by atoms with E-state index in [1.807, 2.05) is 30.3 Å². The Morgan fingerprint density at radius 3 is 2.00 bits per heavy atom. The van der Waals surface area contributed by atoms with Crippen molar-refractivity contribution in [2.75, 3.05) is 0 Å². The number of fused-ring (bicyclic) bond motifs is 2. The third kappa shape index (κ3) is 2.38. The Kier molecular flexibility index (Phi) is 4.36. The maximum Gasteiger partial charge on any atom is 0.168 e. The zero-order valence-electron chi connectivity index (χ0n) is 18.3. The zero-order valence-corrected chi connectivity index (χ0v) is 18.3. The van der Waals surface area contributed by atoms with E-state index in [4.69, 9.17) is 0 Å². The molecule has 2 nitrogen and oxygen atoms in total. The van der Waals surface area contributed by atoms with Gasteiger partial charge in [0.2, 0.25) is 0 Å². The molecule has 0 aliphatic heterocycles. The number of allylic oxidation sites excluding steroid dienone is 1. The lowest BCUT2D eigenvalue weighted by molar-refractivity contribution is -0.234. The van der Waals surface area contributed by atoms with Crippen LogP contribution in [0.1, 0.15) is 73.8 Å². The summed E-state index contributed by atoms with van der Waals surface area (Å²) in [7, 11) is 0. The van der Waals surface area contributed by atoms with Crippen LogP contribution in [-0.2, 0) is 4.79 Å². The van der Waals surface area contributed by atoms with E-state index in [-0.39, 0.29) is 17.1 Å². The second-order valence-electron chi connectivity index (χ2n) is 11.3. The van der Waals surface area contributed by atoms with Crippen LogP contribution in [0.4, 0.5) is 0 Å². The van der Waals surface area contributed by atoms with Crippen molar-refractivity contribution in [2.45, 2.75) is 73.8 Å². The molecule has 2 saturated carbocycles. The Bertz CT molecular complexity index is 757. The monoisotopic (exact) mass is 368 g/mol. The molecule has 0 radical (unpaired) electrons. The number of aliphatic hydroxyl groups is 1. The predicted molar refractivity (Wildman–Crippen MR) is 112 cm³/mol. The SMILES string of the molecule is CC(C)(C)C(O)(C(C)(C)C)C12CCC(C(=Cc3ccccc3)C1=O)C2(C)C. The van der Waals surface area contributed by atoms with Crippen LogP contribution in [0.2, 0.25) is 0 Å². The minimum atomic E-state index is -1.12. The van der Waals surface area contributed by atoms with Crippen molar-refractivity contribution in [3.8, 4) is 0 Å². The standard InChI is InChI=1S/C25H36O2/c1-21(2,3)25(27,22(4,5)6)24-15-14-19(23(24,7)8)18(20(24)26)16-17-12-10-9-11-13-17/h9-13,16,19,27H,14-15H2,1-8H3. The highest BCUT2D eigenvalue weighted by Gasteiger charge is 2.78. The highest BCUT2D eigenvalue weighted by molar-refractivity contribution is 6.09. The number of hydrogen-bond donors (Lipinski definition) is 1. The molecule has 2 bridgehead atoms. The van der Waals surface area contributed by atoms with E-state index in [1.54, 1.807) is 0 Å². The van der Waals surface area contributed by atoms with Crippen molar-refractivity contribution in [3.63, 3.8) is 0 Å². The molecular weight excluding hydrogens is 332 g/mol. The van der Waals surface area contributed by atoms with Gasteiger partial charge in [-0.05, 0) is 46.6 Å². The van der Waals surface area contributed by atoms with Crippen molar-refractivity contribution < 1.29 is 9.90 Å². The molecule has 0 amide bonds. The topological polar surface area (TPSA) is 37.3 Å². The number of carbonyl (C=O) groups excluding carboxylic acids is 1. The summed E-state index contributed by atoms with van der Waals surface area (Å²) < 4.78 is 0. The van der Waals surface area contributed by atoms with E-state index < -0.39 is 21.8 Å². The van der Waals surface area contributed by atoms with Crippen molar-refractivity contribution in [2.24, 2.45) is 27.6 Å². The first-order valence-electron chi connectivity index (χ1n) is 10.3. The first-order chi connectivity index (χ1) is 12.2. The molecule has 0 heterocycles. The van der Waals surface area contributed by atoms with E-state index in [0.717, 1.165) is 24.0 Å². The van der Waals surface area contributed by atoms with Crippen molar-refractivity contribution in [1.29, 1.82) is 0 Å². The Morgan fingerprint density at radius 2 is 1.52 bits per heavy atom. The fourth-order valence-electron chi connectivity index (χ4n) is 6.81. The molecule has 0 spiro atoms. The van der Waals surface area contributed by atoms with Crippen LogP contribution in [0, 0.1) is 27.6 Å². The third-order valence-corrected chi connectivity index (χ3v) is 7.71. The average Bonchev–Trinajstić information content (AvgIpc) is 2.89. The maximum atomic E-state index is 14.0. The fourth-order valence-corrected chi connectivity index (χ4v) is 6.81. The number of ketones is 1. The largest absolute Gasteiger partial charge is 0.388 e. The van der Waals surface area contributed by atoms with E-state index >= 15 is 0 Å². The van der Waals surface area contributed by atoms with Crippen LogP contribution in [0.3, 0.4) is 0 Å². The van der Waals surface area contributed by atoms with Gasteiger partial charge in [-0.15, -0.1) is 0 Å². The number of benzene rings is 1. The molecular formula is C25H36O2. The molecule has 1 aromatic carbocycles. The molecule has 2 aliphatic carbocycles. The highest BCUT2D eigenvalue weighted by Crippen LogP contribution is 2.74.